The van der Waals surface area contributed by atoms with E-state index in [-0.39, 0.29) is 0 Å². The molecule has 2 aromatic heterocycles. The van der Waals surface area contributed by atoms with Crippen LogP contribution in [-0.2, 0) is 6.42 Å². The van der Waals surface area contributed by atoms with Crippen molar-refractivity contribution >= 4 is 5.78 Å². The van der Waals surface area contributed by atoms with Crippen LogP contribution in [-0.4, -0.2) is 33.2 Å². The minimum Gasteiger partial charge on any atom is -0.319 e. The number of nitrogens with zero attached hydrogens (tertiary/aromatic N) is 4. The van der Waals surface area contributed by atoms with Gasteiger partial charge in [0.05, 0.1) is 0 Å². The molecular formula is C16H19N5. The van der Waals surface area contributed by atoms with Gasteiger partial charge in [-0.2, -0.15) is 0 Å². The van der Waals surface area contributed by atoms with Gasteiger partial charge in [0.1, 0.15) is 0 Å². The highest BCUT2D eigenvalue weighted by Gasteiger charge is 2.14. The van der Waals surface area contributed by atoms with Crippen molar-refractivity contribution < 1.29 is 0 Å². The van der Waals surface area contributed by atoms with Gasteiger partial charge in [-0.25, -0.2) is 4.98 Å². The highest BCUT2D eigenvalue weighted by Crippen LogP contribution is 2.23. The van der Waals surface area contributed by atoms with E-state index in [0.29, 0.717) is 5.78 Å². The summed E-state index contributed by atoms with van der Waals surface area (Å²) in [4.78, 5) is 4.45. The number of aromatic nitrogens is 4. The molecule has 3 aromatic rings. The van der Waals surface area contributed by atoms with E-state index in [0.717, 1.165) is 35.7 Å². The van der Waals surface area contributed by atoms with Crippen molar-refractivity contribution in [2.75, 3.05) is 13.6 Å². The number of aryl methyl sites for hydroxylation is 2. The molecule has 0 fully saturated rings. The van der Waals surface area contributed by atoms with Crippen LogP contribution < -0.4 is 5.32 Å². The minimum absolute atomic E-state index is 0.658. The molecule has 1 aromatic carbocycles. The largest absolute Gasteiger partial charge is 0.319 e. The lowest BCUT2D eigenvalue weighted by Gasteiger charge is -2.09. The highest BCUT2D eigenvalue weighted by atomic mass is 15.3. The lowest BCUT2D eigenvalue weighted by molar-refractivity contribution is 0.791. The molecular weight excluding hydrogens is 262 g/mol. The summed E-state index contributed by atoms with van der Waals surface area (Å²) < 4.78 is 2.02. The third-order valence-electron chi connectivity index (χ3n) is 3.60. The third kappa shape index (κ3) is 2.52. The van der Waals surface area contributed by atoms with Crippen LogP contribution in [0.25, 0.3) is 17.2 Å². The quantitative estimate of drug-likeness (QED) is 0.796. The average molecular weight is 281 g/mol. The van der Waals surface area contributed by atoms with E-state index in [4.69, 9.17) is 0 Å². The second-order valence-corrected chi connectivity index (χ2v) is 5.21. The fourth-order valence-corrected chi connectivity index (χ4v) is 2.62. The van der Waals surface area contributed by atoms with E-state index < -0.39 is 0 Å². The van der Waals surface area contributed by atoms with Crippen molar-refractivity contribution in [2.24, 2.45) is 0 Å². The smallest absolute Gasteiger partial charge is 0.255 e. The van der Waals surface area contributed by atoms with Gasteiger partial charge in [-0.1, -0.05) is 24.3 Å². The summed E-state index contributed by atoms with van der Waals surface area (Å²) in [5.41, 5.74) is 4.44. The molecule has 108 valence electrons. The molecule has 0 saturated carbocycles. The summed E-state index contributed by atoms with van der Waals surface area (Å²) in [6.45, 7) is 4.97. The van der Waals surface area contributed by atoms with Crippen LogP contribution in [0.2, 0.25) is 0 Å². The number of hydrogen-bond acceptors (Lipinski definition) is 4. The van der Waals surface area contributed by atoms with Crippen molar-refractivity contribution in [1.29, 1.82) is 0 Å². The Morgan fingerprint density at radius 3 is 2.76 bits per heavy atom. The Hall–Kier alpha value is -2.27. The lowest BCUT2D eigenvalue weighted by Crippen LogP contribution is -2.11. The van der Waals surface area contributed by atoms with Gasteiger partial charge in [0, 0.05) is 17.0 Å². The second-order valence-electron chi connectivity index (χ2n) is 5.21. The van der Waals surface area contributed by atoms with Crippen LogP contribution in [0, 0.1) is 13.8 Å². The molecule has 0 radical (unpaired) electrons. The lowest BCUT2D eigenvalue weighted by atomic mass is 10.0. The predicted octanol–water partition coefficient (Wildman–Crippen LogP) is 2.17. The molecule has 0 aliphatic heterocycles. The zero-order chi connectivity index (χ0) is 14.8. The molecule has 0 amide bonds. The SMILES string of the molecule is CNCCc1ccccc1-c1nnc2nc(C)cc(C)n12. The zero-order valence-corrected chi connectivity index (χ0v) is 12.6. The maximum Gasteiger partial charge on any atom is 0.255 e. The zero-order valence-electron chi connectivity index (χ0n) is 12.6. The summed E-state index contributed by atoms with van der Waals surface area (Å²) in [6, 6.07) is 10.4. The Bertz CT molecular complexity index is 775. The fraction of sp³-hybridized carbons (Fsp3) is 0.312. The summed E-state index contributed by atoms with van der Waals surface area (Å²) >= 11 is 0. The number of rotatable bonds is 4. The van der Waals surface area contributed by atoms with Crippen molar-refractivity contribution in [2.45, 2.75) is 20.3 Å². The monoisotopic (exact) mass is 281 g/mol. The van der Waals surface area contributed by atoms with Crippen molar-refractivity contribution in [3.05, 3.63) is 47.3 Å². The molecule has 0 aliphatic rings. The number of hydrogen-bond donors (Lipinski definition) is 1. The summed E-state index contributed by atoms with van der Waals surface area (Å²) in [7, 11) is 1.96. The molecule has 1 N–H and O–H groups in total. The Morgan fingerprint density at radius 2 is 1.95 bits per heavy atom. The maximum absolute atomic E-state index is 4.45. The van der Waals surface area contributed by atoms with E-state index in [2.05, 4.69) is 51.7 Å². The fourth-order valence-electron chi connectivity index (χ4n) is 2.62. The topological polar surface area (TPSA) is 55.1 Å². The van der Waals surface area contributed by atoms with Gasteiger partial charge in [0.15, 0.2) is 5.82 Å². The molecule has 3 rings (SSSR count). The van der Waals surface area contributed by atoms with Crippen LogP contribution in [0.1, 0.15) is 17.0 Å². The molecule has 5 nitrogen and oxygen atoms in total. The first-order valence-corrected chi connectivity index (χ1v) is 7.13. The molecule has 5 heteroatoms. The normalized spacial score (nSPS) is 11.2. The Labute approximate surface area is 124 Å². The van der Waals surface area contributed by atoms with E-state index >= 15 is 0 Å². The molecule has 0 unspecified atom stereocenters. The van der Waals surface area contributed by atoms with Crippen LogP contribution in [0.3, 0.4) is 0 Å². The molecule has 0 spiro atoms. The van der Waals surface area contributed by atoms with Gasteiger partial charge < -0.3 is 5.32 Å². The first-order valence-electron chi connectivity index (χ1n) is 7.13. The summed E-state index contributed by atoms with van der Waals surface area (Å²) in [6.07, 6.45) is 0.958. The van der Waals surface area contributed by atoms with Gasteiger partial charge in [0.25, 0.3) is 5.78 Å². The van der Waals surface area contributed by atoms with Crippen LogP contribution in [0.4, 0.5) is 0 Å². The van der Waals surface area contributed by atoms with Crippen LogP contribution >= 0.6 is 0 Å². The average Bonchev–Trinajstić information content (AvgIpc) is 2.89. The number of benzene rings is 1. The second kappa shape index (κ2) is 5.61. The Kier molecular flexibility index (Phi) is 3.66. The van der Waals surface area contributed by atoms with E-state index in [9.17, 15) is 0 Å². The van der Waals surface area contributed by atoms with E-state index in [1.165, 1.54) is 5.56 Å². The van der Waals surface area contributed by atoms with E-state index in [1.807, 2.05) is 24.4 Å². The van der Waals surface area contributed by atoms with Gasteiger partial charge in [-0.05, 0) is 45.5 Å². The van der Waals surface area contributed by atoms with Gasteiger partial charge >= 0.3 is 0 Å². The molecule has 21 heavy (non-hydrogen) atoms. The first kappa shape index (κ1) is 13.7. The van der Waals surface area contributed by atoms with Crippen molar-refractivity contribution in [3.8, 4) is 11.4 Å². The van der Waals surface area contributed by atoms with Crippen molar-refractivity contribution in [1.82, 2.24) is 24.9 Å². The summed E-state index contributed by atoms with van der Waals surface area (Å²) in [5.74, 6) is 1.52. The first-order chi connectivity index (χ1) is 10.2. The molecule has 0 saturated heterocycles. The molecule has 0 bridgehead atoms. The number of fused-ring (bicyclic) bond motifs is 1. The Morgan fingerprint density at radius 1 is 1.14 bits per heavy atom. The molecule has 2 heterocycles. The number of likely N-dealkylation sites (N-methyl/N-ethyl adjacent to an activating group) is 1. The maximum atomic E-state index is 4.45. The third-order valence-corrected chi connectivity index (χ3v) is 3.60. The Balaban J connectivity index is 2.17. The van der Waals surface area contributed by atoms with Gasteiger partial charge in [-0.3, -0.25) is 4.40 Å². The van der Waals surface area contributed by atoms with Gasteiger partial charge in [0.2, 0.25) is 0 Å². The van der Waals surface area contributed by atoms with Crippen molar-refractivity contribution in [3.63, 3.8) is 0 Å². The van der Waals surface area contributed by atoms with Crippen LogP contribution in [0.5, 0.6) is 0 Å². The minimum atomic E-state index is 0.658. The van der Waals surface area contributed by atoms with Crippen LogP contribution in [0.15, 0.2) is 30.3 Å². The highest BCUT2D eigenvalue weighted by molar-refractivity contribution is 5.63. The summed E-state index contributed by atoms with van der Waals surface area (Å²) in [5, 5.41) is 11.8. The van der Waals surface area contributed by atoms with E-state index in [1.54, 1.807) is 0 Å². The standard InChI is InChI=1S/C16H19N5/c1-11-10-12(2)21-15(19-20-16(21)18-11)14-7-5-4-6-13(14)8-9-17-3/h4-7,10,17H,8-9H2,1-3H3. The van der Waals surface area contributed by atoms with Gasteiger partial charge in [-0.15, -0.1) is 10.2 Å². The number of nitrogens with one attached hydrogen (secondary N) is 1. The predicted molar refractivity (Wildman–Crippen MR) is 83.3 cm³/mol. The molecule has 0 atom stereocenters. The molecule has 0 aliphatic carbocycles.